The van der Waals surface area contributed by atoms with Crippen LogP contribution < -0.4 is 13.3 Å². The van der Waals surface area contributed by atoms with Gasteiger partial charge < -0.3 is 0 Å². The van der Waals surface area contributed by atoms with Crippen LogP contribution in [-0.2, 0) is 17.1 Å². The molecule has 0 radical (unpaired) electrons. The van der Waals surface area contributed by atoms with Gasteiger partial charge in [0.15, 0.2) is 0 Å². The third-order valence-electron chi connectivity index (χ3n) is 6.48. The molecule has 2 atom stereocenters. The van der Waals surface area contributed by atoms with Gasteiger partial charge in [0.25, 0.3) is 0 Å². The molecule has 0 N–H and O–H groups in total. The van der Waals surface area contributed by atoms with Gasteiger partial charge in [0, 0.05) is 0 Å². The molecule has 1 aliphatic rings. The van der Waals surface area contributed by atoms with E-state index < -0.39 is 0 Å². The molecule has 3 aromatic rings. The Labute approximate surface area is 199 Å². The number of nitrogens with zero attached hydrogens (tertiary/aromatic N) is 2. The fraction of sp³-hybridized carbons (Fsp3) is 0.407. The number of aryl methyl sites for hydroxylation is 6. The van der Waals surface area contributed by atoms with E-state index in [1.165, 1.54) is 44.8 Å². The maximum absolute atomic E-state index is 2.76. The Balaban J connectivity index is 1.90. The van der Waals surface area contributed by atoms with Crippen molar-refractivity contribution in [2.45, 2.75) is 72.2 Å². The zero-order valence-corrected chi connectivity index (χ0v) is 22.5. The van der Waals surface area contributed by atoms with E-state index in [0.29, 0.717) is 16.8 Å². The predicted octanol–water partition coefficient (Wildman–Crippen LogP) is 6.39. The van der Waals surface area contributed by atoms with E-state index in [4.69, 9.17) is 0 Å². The van der Waals surface area contributed by atoms with Crippen LogP contribution in [0.4, 0.5) is 11.4 Å². The van der Waals surface area contributed by atoms with Crippen molar-refractivity contribution in [1.29, 1.82) is 0 Å². The molecule has 2 aromatic carbocycles. The fourth-order valence-corrected chi connectivity index (χ4v) is 9.42. The van der Waals surface area contributed by atoms with Gasteiger partial charge in [-0.25, -0.2) is 0 Å². The number of hydrogen-bond donors (Lipinski definition) is 0. The second kappa shape index (κ2) is 8.72. The molecule has 4 rings (SSSR count). The van der Waals surface area contributed by atoms with Crippen molar-refractivity contribution in [3.05, 3.63) is 75.2 Å². The first-order valence-electron chi connectivity index (χ1n) is 11.1. The summed E-state index contributed by atoms with van der Waals surface area (Å²) in [5.74, 6) is 0. The van der Waals surface area contributed by atoms with Crippen molar-refractivity contribution in [2.75, 3.05) is 9.80 Å². The summed E-state index contributed by atoms with van der Waals surface area (Å²) in [5, 5.41) is 2.23. The molecule has 1 aromatic heterocycles. The summed E-state index contributed by atoms with van der Waals surface area (Å²) >= 11 is 1.92. The van der Waals surface area contributed by atoms with Gasteiger partial charge >= 0.3 is 201 Å². The first-order valence-corrected chi connectivity index (χ1v) is 13.8. The number of anilines is 2. The Bertz CT molecular complexity index is 973. The molecule has 0 bridgehead atoms. The minimum absolute atomic E-state index is 0.00625. The van der Waals surface area contributed by atoms with Gasteiger partial charge in [-0.15, -0.1) is 0 Å². The Hall–Kier alpha value is -1.64. The van der Waals surface area contributed by atoms with Crippen molar-refractivity contribution >= 4 is 26.2 Å². The number of benzene rings is 2. The molecule has 31 heavy (non-hydrogen) atoms. The van der Waals surface area contributed by atoms with E-state index in [2.05, 4.69) is 107 Å². The standard InChI is InChI=1S/C23H31N2.C4H3S.Ru/c1-14-9-16(3)22(17(4)10-14)24-13-25(21(8)20(24)7)23-18(5)11-15(2)12-19(23)6;1-2-4-5-3-1;/h9-13,20-21H,1-8H3;1-3H;. The number of rotatable bonds is 4. The summed E-state index contributed by atoms with van der Waals surface area (Å²) in [6.07, 6.45) is 0. The van der Waals surface area contributed by atoms with Gasteiger partial charge in [0.2, 0.25) is 0 Å². The summed E-state index contributed by atoms with van der Waals surface area (Å²) < 4.78 is 1.93. The second-order valence-electron chi connectivity index (χ2n) is 9.10. The summed E-state index contributed by atoms with van der Waals surface area (Å²) in [5.41, 5.74) is 11.2. The molecule has 1 aliphatic heterocycles. The molecule has 4 heteroatoms. The van der Waals surface area contributed by atoms with Crippen molar-refractivity contribution < 1.29 is 17.1 Å². The van der Waals surface area contributed by atoms with Gasteiger partial charge in [0.05, 0.1) is 0 Å². The Morgan fingerprint density at radius 3 is 1.48 bits per heavy atom. The Morgan fingerprint density at radius 2 is 1.13 bits per heavy atom. The molecule has 0 aliphatic carbocycles. The van der Waals surface area contributed by atoms with Crippen LogP contribution in [0.1, 0.15) is 47.2 Å². The van der Waals surface area contributed by atoms with Crippen molar-refractivity contribution in [3.8, 4) is 0 Å². The molecule has 0 saturated carbocycles. The number of thiophene rings is 1. The number of hydrogen-bond acceptors (Lipinski definition) is 3. The maximum atomic E-state index is 2.76. The Morgan fingerprint density at radius 1 is 0.710 bits per heavy atom. The van der Waals surface area contributed by atoms with Gasteiger partial charge in [-0.05, 0) is 0 Å². The third kappa shape index (κ3) is 4.10. The van der Waals surface area contributed by atoms with Crippen LogP contribution in [-0.4, -0.2) is 16.8 Å². The summed E-state index contributed by atoms with van der Waals surface area (Å²) in [6.45, 7) is 18.4. The summed E-state index contributed by atoms with van der Waals surface area (Å²) in [6, 6.07) is 14.8. The van der Waals surface area contributed by atoms with E-state index in [0.717, 1.165) is 0 Å². The fourth-order valence-electron chi connectivity index (χ4n) is 5.25. The van der Waals surface area contributed by atoms with Crippen LogP contribution in [0, 0.1) is 41.5 Å². The molecule has 1 saturated heterocycles. The SMILES string of the molecule is Cc1cc(C)c(N2C(C)C(C)N(c3c(C)cc(C)cc3C)[CH]2[Ru][c]2cccs2)c(C)c1. The van der Waals surface area contributed by atoms with E-state index in [1.807, 2.05) is 11.3 Å². The zero-order valence-electron chi connectivity index (χ0n) is 19.9. The average molecular weight is 520 g/mol. The van der Waals surface area contributed by atoms with Crippen LogP contribution in [0.25, 0.3) is 0 Å². The molecular formula is C27H34N2RuS. The topological polar surface area (TPSA) is 6.48 Å². The molecule has 2 heterocycles. The van der Waals surface area contributed by atoms with Crippen molar-refractivity contribution in [2.24, 2.45) is 0 Å². The van der Waals surface area contributed by atoms with Gasteiger partial charge in [-0.1, -0.05) is 0 Å². The quantitative estimate of drug-likeness (QED) is 0.369. The van der Waals surface area contributed by atoms with Gasteiger partial charge in [0.1, 0.15) is 0 Å². The minimum atomic E-state index is 0.00625. The van der Waals surface area contributed by atoms with Gasteiger partial charge in [-0.3, -0.25) is 0 Å². The molecule has 1 fully saturated rings. The summed E-state index contributed by atoms with van der Waals surface area (Å²) in [4.78, 5) is 5.51. The second-order valence-corrected chi connectivity index (χ2v) is 12.9. The molecule has 0 amide bonds. The van der Waals surface area contributed by atoms with E-state index in [-0.39, 0.29) is 17.1 Å². The zero-order chi connectivity index (χ0) is 22.4. The van der Waals surface area contributed by atoms with Crippen LogP contribution in [0.15, 0.2) is 41.8 Å². The third-order valence-corrected chi connectivity index (χ3v) is 10.4. The molecular weight excluding hydrogens is 485 g/mol. The monoisotopic (exact) mass is 520 g/mol. The van der Waals surface area contributed by atoms with Crippen molar-refractivity contribution in [3.63, 3.8) is 0 Å². The van der Waals surface area contributed by atoms with Crippen LogP contribution in [0.5, 0.6) is 0 Å². The predicted molar refractivity (Wildman–Crippen MR) is 133 cm³/mol. The van der Waals surface area contributed by atoms with E-state index >= 15 is 0 Å². The first kappa shape index (κ1) is 22.6. The molecule has 166 valence electrons. The molecule has 2 nitrogen and oxygen atoms in total. The first-order chi connectivity index (χ1) is 14.7. The van der Waals surface area contributed by atoms with Crippen LogP contribution in [0.3, 0.4) is 0 Å². The van der Waals surface area contributed by atoms with Crippen LogP contribution in [0.2, 0.25) is 0 Å². The summed E-state index contributed by atoms with van der Waals surface area (Å²) in [7, 11) is 0. The molecule has 0 spiro atoms. The van der Waals surface area contributed by atoms with E-state index in [1.54, 1.807) is 3.47 Å². The van der Waals surface area contributed by atoms with E-state index in [9.17, 15) is 0 Å². The van der Waals surface area contributed by atoms with Crippen molar-refractivity contribution in [1.82, 2.24) is 0 Å². The average Bonchev–Trinajstić information content (AvgIpc) is 3.25. The normalized spacial score (nSPS) is 21.4. The van der Waals surface area contributed by atoms with Gasteiger partial charge in [-0.2, -0.15) is 0 Å². The van der Waals surface area contributed by atoms with Crippen LogP contribution >= 0.6 is 11.3 Å². The Kier molecular flexibility index (Phi) is 6.34. The molecule has 2 unspecified atom stereocenters.